The number of aryl methyl sites for hydroxylation is 2. The molecule has 0 spiro atoms. The minimum atomic E-state index is -0.273. The normalized spacial score (nSPS) is 13.6. The molecule has 0 atom stereocenters. The van der Waals surface area contributed by atoms with Gasteiger partial charge in [-0.05, 0) is 49.1 Å². The van der Waals surface area contributed by atoms with Crippen LogP contribution in [0.4, 0.5) is 0 Å². The lowest BCUT2D eigenvalue weighted by Gasteiger charge is -2.02. The Kier molecular flexibility index (Phi) is 2.82. The molecule has 1 aliphatic carbocycles. The highest BCUT2D eigenvalue weighted by molar-refractivity contribution is 7.18. The van der Waals surface area contributed by atoms with Crippen molar-refractivity contribution in [1.82, 2.24) is 4.98 Å². The van der Waals surface area contributed by atoms with Crippen molar-refractivity contribution >= 4 is 21.6 Å². The molecule has 0 saturated heterocycles. The second kappa shape index (κ2) is 4.70. The molecule has 0 N–H and O–H groups in total. The molecule has 0 aliphatic heterocycles. The molecule has 0 radical (unpaired) electrons. The van der Waals surface area contributed by atoms with E-state index in [2.05, 4.69) is 4.98 Å². The van der Waals surface area contributed by atoms with Gasteiger partial charge in [0, 0.05) is 10.4 Å². The molecule has 106 valence electrons. The van der Waals surface area contributed by atoms with Crippen molar-refractivity contribution in [3.05, 3.63) is 45.1 Å². The highest BCUT2D eigenvalue weighted by Crippen LogP contribution is 2.35. The number of hydrogen-bond acceptors (Lipinski definition) is 5. The second-order valence-electron chi connectivity index (χ2n) is 5.07. The Morgan fingerprint density at radius 1 is 1.24 bits per heavy atom. The van der Waals surface area contributed by atoms with Gasteiger partial charge in [-0.25, -0.2) is 9.78 Å². The first-order valence-electron chi connectivity index (χ1n) is 6.86. The van der Waals surface area contributed by atoms with Crippen LogP contribution >= 0.6 is 11.3 Å². The molecule has 0 saturated carbocycles. The fourth-order valence-electron chi connectivity index (χ4n) is 2.79. The van der Waals surface area contributed by atoms with Gasteiger partial charge in [0.2, 0.25) is 5.89 Å². The van der Waals surface area contributed by atoms with Crippen LogP contribution in [0, 0.1) is 0 Å². The first kappa shape index (κ1) is 12.6. The Bertz CT molecular complexity index is 877. The predicted octanol–water partition coefficient (Wildman–Crippen LogP) is 3.41. The number of thiophene rings is 1. The standard InChI is InChI=1S/C16H13NO3S/c1-19-10-7-5-9(6-8-10)14-17-15-13(16(18)20-14)11-3-2-4-12(11)21-15/h5-8H,2-4H2,1H3. The fraction of sp³-hybridized carbons (Fsp3) is 0.250. The van der Waals surface area contributed by atoms with Crippen LogP contribution < -0.4 is 10.4 Å². The summed E-state index contributed by atoms with van der Waals surface area (Å²) in [5.74, 6) is 1.13. The summed E-state index contributed by atoms with van der Waals surface area (Å²) in [7, 11) is 1.62. The summed E-state index contributed by atoms with van der Waals surface area (Å²) in [6.07, 6.45) is 3.13. The predicted molar refractivity (Wildman–Crippen MR) is 82.2 cm³/mol. The lowest BCUT2D eigenvalue weighted by Crippen LogP contribution is -2.03. The molecule has 1 aliphatic rings. The molecule has 2 heterocycles. The van der Waals surface area contributed by atoms with Gasteiger partial charge >= 0.3 is 5.63 Å². The van der Waals surface area contributed by atoms with Gasteiger partial charge in [-0.3, -0.25) is 0 Å². The van der Waals surface area contributed by atoms with E-state index in [1.165, 1.54) is 4.88 Å². The van der Waals surface area contributed by atoms with Crippen LogP contribution in [0.2, 0.25) is 0 Å². The number of nitrogens with zero attached hydrogens (tertiary/aromatic N) is 1. The van der Waals surface area contributed by atoms with Crippen LogP contribution in [-0.2, 0) is 12.8 Å². The molecule has 4 rings (SSSR count). The maximum Gasteiger partial charge on any atom is 0.348 e. The maximum atomic E-state index is 12.3. The largest absolute Gasteiger partial charge is 0.497 e. The van der Waals surface area contributed by atoms with Gasteiger partial charge < -0.3 is 9.15 Å². The molecule has 0 fully saturated rings. The third-order valence-electron chi connectivity index (χ3n) is 3.84. The van der Waals surface area contributed by atoms with Crippen molar-refractivity contribution in [2.45, 2.75) is 19.3 Å². The Hall–Kier alpha value is -2.14. The third kappa shape index (κ3) is 1.96. The molecule has 21 heavy (non-hydrogen) atoms. The Morgan fingerprint density at radius 3 is 2.81 bits per heavy atom. The summed E-state index contributed by atoms with van der Waals surface area (Å²) < 4.78 is 10.6. The smallest absolute Gasteiger partial charge is 0.348 e. The molecule has 1 aromatic carbocycles. The third-order valence-corrected chi connectivity index (χ3v) is 5.02. The Labute approximate surface area is 125 Å². The molecule has 0 bridgehead atoms. The van der Waals surface area contributed by atoms with E-state index in [-0.39, 0.29) is 5.63 Å². The first-order valence-corrected chi connectivity index (χ1v) is 7.68. The highest BCUT2D eigenvalue weighted by atomic mass is 32.1. The summed E-state index contributed by atoms with van der Waals surface area (Å²) in [6.45, 7) is 0. The van der Waals surface area contributed by atoms with Gasteiger partial charge in [0.1, 0.15) is 16.0 Å². The van der Waals surface area contributed by atoms with E-state index in [0.717, 1.165) is 41.0 Å². The Morgan fingerprint density at radius 2 is 2.05 bits per heavy atom. The van der Waals surface area contributed by atoms with E-state index in [9.17, 15) is 4.79 Å². The van der Waals surface area contributed by atoms with E-state index in [0.29, 0.717) is 11.3 Å². The number of ether oxygens (including phenoxy) is 1. The molecule has 4 nitrogen and oxygen atoms in total. The van der Waals surface area contributed by atoms with Crippen molar-refractivity contribution in [1.29, 1.82) is 0 Å². The van der Waals surface area contributed by atoms with Gasteiger partial charge in [0.25, 0.3) is 0 Å². The van der Waals surface area contributed by atoms with Crippen molar-refractivity contribution in [2.24, 2.45) is 0 Å². The van der Waals surface area contributed by atoms with Crippen LogP contribution in [0.1, 0.15) is 16.9 Å². The van der Waals surface area contributed by atoms with E-state index < -0.39 is 0 Å². The highest BCUT2D eigenvalue weighted by Gasteiger charge is 2.22. The zero-order valence-corrected chi connectivity index (χ0v) is 12.3. The number of aromatic nitrogens is 1. The Balaban J connectivity index is 1.88. The summed E-state index contributed by atoms with van der Waals surface area (Å²) in [5.41, 5.74) is 1.66. The van der Waals surface area contributed by atoms with Crippen LogP contribution in [0.5, 0.6) is 5.75 Å². The molecule has 3 aromatic rings. The summed E-state index contributed by atoms with van der Waals surface area (Å²) >= 11 is 1.62. The van der Waals surface area contributed by atoms with Crippen molar-refractivity contribution in [3.63, 3.8) is 0 Å². The number of hydrogen-bond donors (Lipinski definition) is 0. The monoisotopic (exact) mass is 299 g/mol. The van der Waals surface area contributed by atoms with Crippen LogP contribution in [-0.4, -0.2) is 12.1 Å². The van der Waals surface area contributed by atoms with Gasteiger partial charge in [-0.1, -0.05) is 0 Å². The van der Waals surface area contributed by atoms with E-state index >= 15 is 0 Å². The quantitative estimate of drug-likeness (QED) is 0.727. The summed E-state index contributed by atoms with van der Waals surface area (Å²) in [6, 6.07) is 7.35. The molecule has 0 unspecified atom stereocenters. The topological polar surface area (TPSA) is 52.3 Å². The maximum absolute atomic E-state index is 12.3. The second-order valence-corrected chi connectivity index (χ2v) is 6.16. The van der Waals surface area contributed by atoms with Crippen LogP contribution in [0.25, 0.3) is 21.7 Å². The average molecular weight is 299 g/mol. The number of benzene rings is 1. The molecular weight excluding hydrogens is 286 g/mol. The average Bonchev–Trinajstić information content (AvgIpc) is 3.07. The van der Waals surface area contributed by atoms with Gasteiger partial charge in [-0.15, -0.1) is 11.3 Å². The first-order chi connectivity index (χ1) is 10.3. The number of rotatable bonds is 2. The zero-order valence-electron chi connectivity index (χ0n) is 11.5. The van der Waals surface area contributed by atoms with Crippen molar-refractivity contribution < 1.29 is 9.15 Å². The van der Waals surface area contributed by atoms with E-state index in [1.54, 1.807) is 18.4 Å². The molecule has 0 amide bonds. The SMILES string of the molecule is COc1ccc(-c2nc3sc4c(c3c(=O)o2)CCC4)cc1. The lowest BCUT2D eigenvalue weighted by atomic mass is 10.2. The van der Waals surface area contributed by atoms with Gasteiger partial charge in [-0.2, -0.15) is 0 Å². The molecular formula is C16H13NO3S. The van der Waals surface area contributed by atoms with Crippen molar-refractivity contribution in [3.8, 4) is 17.2 Å². The minimum Gasteiger partial charge on any atom is -0.497 e. The number of fused-ring (bicyclic) bond motifs is 3. The van der Waals surface area contributed by atoms with Crippen LogP contribution in [0.3, 0.4) is 0 Å². The number of methoxy groups -OCH3 is 1. The van der Waals surface area contributed by atoms with Crippen molar-refractivity contribution in [2.75, 3.05) is 7.11 Å². The van der Waals surface area contributed by atoms with E-state index in [1.807, 2.05) is 24.3 Å². The summed E-state index contributed by atoms with van der Waals surface area (Å²) in [4.78, 5) is 18.9. The van der Waals surface area contributed by atoms with Gasteiger partial charge in [0.05, 0.1) is 7.11 Å². The van der Waals surface area contributed by atoms with Gasteiger partial charge in [0.15, 0.2) is 0 Å². The van der Waals surface area contributed by atoms with E-state index in [4.69, 9.17) is 9.15 Å². The lowest BCUT2D eigenvalue weighted by molar-refractivity contribution is 0.415. The fourth-order valence-corrected chi connectivity index (χ4v) is 4.03. The zero-order chi connectivity index (χ0) is 14.4. The van der Waals surface area contributed by atoms with Crippen LogP contribution in [0.15, 0.2) is 33.5 Å². The molecule has 2 aromatic heterocycles. The molecule has 5 heteroatoms. The minimum absolute atomic E-state index is 0.273. The summed E-state index contributed by atoms with van der Waals surface area (Å²) in [5, 5.41) is 0.685.